The molecule has 0 aliphatic heterocycles. The maximum atomic E-state index is 12.1. The number of nitrogens with one attached hydrogen (secondary N) is 1. The van der Waals surface area contributed by atoms with Crippen LogP contribution in [0.15, 0.2) is 38.6 Å². The predicted molar refractivity (Wildman–Crippen MR) is 84.0 cm³/mol. The molecule has 0 radical (unpaired) electrons. The summed E-state index contributed by atoms with van der Waals surface area (Å²) < 4.78 is 30.2. The minimum atomic E-state index is -2.87. The van der Waals surface area contributed by atoms with E-state index in [1.165, 1.54) is 23.5 Å². The smallest absolute Gasteiger partial charge is 0.387 e. The van der Waals surface area contributed by atoms with Gasteiger partial charge in [0, 0.05) is 11.0 Å². The Morgan fingerprint density at radius 3 is 2.71 bits per heavy atom. The van der Waals surface area contributed by atoms with Gasteiger partial charge in [-0.1, -0.05) is 12.1 Å². The van der Waals surface area contributed by atoms with Gasteiger partial charge in [0.1, 0.15) is 5.75 Å². The molecule has 0 saturated heterocycles. The minimum absolute atomic E-state index is 0.0679. The Morgan fingerprint density at radius 1 is 1.33 bits per heavy atom. The van der Waals surface area contributed by atoms with Gasteiger partial charge in [-0.25, -0.2) is 0 Å². The molecular weight excluding hydrogens is 432 g/mol. The first-order valence-corrected chi connectivity index (χ1v) is 8.12. The minimum Gasteiger partial charge on any atom is -0.435 e. The predicted octanol–water partition coefficient (Wildman–Crippen LogP) is 4.80. The maximum absolute atomic E-state index is 12.1. The van der Waals surface area contributed by atoms with Crippen molar-refractivity contribution >= 4 is 49.1 Å². The summed E-state index contributed by atoms with van der Waals surface area (Å²) in [4.78, 5) is 12.5. The summed E-state index contributed by atoms with van der Waals surface area (Å²) in [5, 5.41) is 2.72. The van der Waals surface area contributed by atoms with E-state index in [0.29, 0.717) is 10.4 Å². The van der Waals surface area contributed by atoms with Gasteiger partial charge in [0.05, 0.1) is 8.66 Å². The second-order valence-corrected chi connectivity index (χ2v) is 7.17. The van der Waals surface area contributed by atoms with Crippen LogP contribution in [0.3, 0.4) is 0 Å². The second-order valence-electron chi connectivity index (χ2n) is 3.94. The number of amides is 1. The lowest BCUT2D eigenvalue weighted by Crippen LogP contribution is -2.21. The first kappa shape index (κ1) is 16.4. The summed E-state index contributed by atoms with van der Waals surface area (Å²) in [6.45, 7) is -2.64. The van der Waals surface area contributed by atoms with Crippen LogP contribution in [0.4, 0.5) is 8.78 Å². The molecule has 2 rings (SSSR count). The van der Waals surface area contributed by atoms with E-state index in [1.807, 2.05) is 0 Å². The van der Waals surface area contributed by atoms with E-state index >= 15 is 0 Å². The Bertz CT molecular complexity index is 629. The third-order valence-corrected chi connectivity index (χ3v) is 5.70. The molecule has 0 atom stereocenters. The van der Waals surface area contributed by atoms with Gasteiger partial charge >= 0.3 is 6.61 Å². The van der Waals surface area contributed by atoms with Crippen molar-refractivity contribution in [3.05, 3.63) is 49.0 Å². The highest BCUT2D eigenvalue weighted by Gasteiger charge is 2.12. The van der Waals surface area contributed by atoms with Gasteiger partial charge in [0.2, 0.25) is 0 Å². The van der Waals surface area contributed by atoms with Gasteiger partial charge in [-0.15, -0.1) is 11.3 Å². The molecule has 8 heteroatoms. The average molecular weight is 441 g/mol. The Morgan fingerprint density at radius 2 is 2.10 bits per heavy atom. The monoisotopic (exact) mass is 439 g/mol. The van der Waals surface area contributed by atoms with Crippen LogP contribution in [0.5, 0.6) is 5.75 Å². The Balaban J connectivity index is 1.97. The Kier molecular flexibility index (Phi) is 5.72. The molecule has 0 bridgehead atoms. The quantitative estimate of drug-likeness (QED) is 0.724. The molecule has 21 heavy (non-hydrogen) atoms. The fraction of sp³-hybridized carbons (Fsp3) is 0.154. The zero-order valence-electron chi connectivity index (χ0n) is 10.4. The zero-order valence-corrected chi connectivity index (χ0v) is 14.4. The molecule has 1 N–H and O–H groups in total. The van der Waals surface area contributed by atoms with Gasteiger partial charge < -0.3 is 10.1 Å². The maximum Gasteiger partial charge on any atom is 0.387 e. The van der Waals surface area contributed by atoms with Crippen LogP contribution in [-0.4, -0.2) is 12.5 Å². The highest BCUT2D eigenvalue weighted by atomic mass is 79.9. The number of ether oxygens (including phenoxy) is 1. The van der Waals surface area contributed by atoms with Crippen molar-refractivity contribution in [2.24, 2.45) is 0 Å². The van der Waals surface area contributed by atoms with E-state index in [9.17, 15) is 13.6 Å². The van der Waals surface area contributed by atoms with E-state index in [4.69, 9.17) is 0 Å². The molecule has 0 fully saturated rings. The van der Waals surface area contributed by atoms with Crippen molar-refractivity contribution in [1.82, 2.24) is 5.32 Å². The lowest BCUT2D eigenvalue weighted by molar-refractivity contribution is -0.0498. The first-order valence-electron chi connectivity index (χ1n) is 5.72. The molecule has 112 valence electrons. The number of hydrogen-bond acceptors (Lipinski definition) is 3. The van der Waals surface area contributed by atoms with E-state index < -0.39 is 6.61 Å². The standard InChI is InChI=1S/C13H9Br2F2NO2S/c14-9-5-10(21-11(9)15)12(19)18-6-7-2-1-3-8(4-7)20-13(16)17/h1-5,13H,6H2,(H,18,19). The zero-order chi connectivity index (χ0) is 15.4. The number of thiophene rings is 1. The van der Waals surface area contributed by atoms with E-state index in [-0.39, 0.29) is 18.2 Å². The fourth-order valence-corrected chi connectivity index (χ4v) is 3.51. The van der Waals surface area contributed by atoms with Gasteiger partial charge in [-0.05, 0) is 55.6 Å². The van der Waals surface area contributed by atoms with E-state index in [2.05, 4.69) is 41.9 Å². The van der Waals surface area contributed by atoms with Gasteiger partial charge in [0.15, 0.2) is 0 Å². The van der Waals surface area contributed by atoms with Crippen molar-refractivity contribution in [1.29, 1.82) is 0 Å². The lowest BCUT2D eigenvalue weighted by atomic mass is 10.2. The molecule has 0 saturated carbocycles. The van der Waals surface area contributed by atoms with Crippen LogP contribution < -0.4 is 10.1 Å². The molecule has 2 aromatic rings. The summed E-state index contributed by atoms with van der Waals surface area (Å²) >= 11 is 7.93. The summed E-state index contributed by atoms with van der Waals surface area (Å²) in [6.07, 6.45) is 0. The molecule has 1 aromatic heterocycles. The van der Waals surface area contributed by atoms with Crippen LogP contribution in [0.2, 0.25) is 0 Å². The fourth-order valence-electron chi connectivity index (χ4n) is 1.56. The molecule has 1 heterocycles. The number of carbonyl (C=O) groups is 1. The third-order valence-electron chi connectivity index (χ3n) is 2.45. The molecule has 0 spiro atoms. The molecule has 1 amide bonds. The van der Waals surface area contributed by atoms with Crippen molar-refractivity contribution in [2.75, 3.05) is 0 Å². The highest BCUT2D eigenvalue weighted by molar-refractivity contribution is 9.13. The van der Waals surface area contributed by atoms with Gasteiger partial charge in [-0.3, -0.25) is 4.79 Å². The Hall–Kier alpha value is -0.990. The van der Waals surface area contributed by atoms with E-state index in [1.54, 1.807) is 18.2 Å². The number of hydrogen-bond donors (Lipinski definition) is 1. The molecule has 1 aromatic carbocycles. The van der Waals surface area contributed by atoms with Crippen LogP contribution in [0, 0.1) is 0 Å². The first-order chi connectivity index (χ1) is 9.95. The van der Waals surface area contributed by atoms with Crippen molar-refractivity contribution in [3.63, 3.8) is 0 Å². The van der Waals surface area contributed by atoms with Crippen molar-refractivity contribution in [3.8, 4) is 5.75 Å². The normalized spacial score (nSPS) is 10.7. The third kappa shape index (κ3) is 4.76. The summed E-state index contributed by atoms with van der Waals surface area (Å²) in [5.41, 5.74) is 0.677. The number of rotatable bonds is 5. The topological polar surface area (TPSA) is 38.3 Å². The number of benzene rings is 1. The average Bonchev–Trinajstić information content (AvgIpc) is 2.76. The number of carbonyl (C=O) groups excluding carboxylic acids is 1. The number of alkyl halides is 2. The van der Waals surface area contributed by atoms with Crippen LogP contribution in [0.1, 0.15) is 15.2 Å². The van der Waals surface area contributed by atoms with Crippen LogP contribution in [-0.2, 0) is 6.54 Å². The van der Waals surface area contributed by atoms with Gasteiger partial charge in [-0.2, -0.15) is 8.78 Å². The Labute approximate surface area is 140 Å². The highest BCUT2D eigenvalue weighted by Crippen LogP contribution is 2.32. The van der Waals surface area contributed by atoms with Crippen molar-refractivity contribution in [2.45, 2.75) is 13.2 Å². The SMILES string of the molecule is O=C(NCc1cccc(OC(F)F)c1)c1cc(Br)c(Br)s1. The molecular formula is C13H9Br2F2NO2S. The van der Waals surface area contributed by atoms with Gasteiger partial charge in [0.25, 0.3) is 5.91 Å². The summed E-state index contributed by atoms with van der Waals surface area (Å²) in [5.74, 6) is -0.162. The van der Waals surface area contributed by atoms with Crippen molar-refractivity contribution < 1.29 is 18.3 Å². The second kappa shape index (κ2) is 7.33. The lowest BCUT2D eigenvalue weighted by Gasteiger charge is -2.07. The van der Waals surface area contributed by atoms with Crippen LogP contribution in [0.25, 0.3) is 0 Å². The molecule has 3 nitrogen and oxygen atoms in total. The molecule has 0 aliphatic carbocycles. The molecule has 0 unspecified atom stereocenters. The molecule has 0 aliphatic rings. The largest absolute Gasteiger partial charge is 0.435 e. The summed E-state index contributed by atoms with van der Waals surface area (Å²) in [6, 6.07) is 7.93. The van der Waals surface area contributed by atoms with Crippen LogP contribution >= 0.6 is 43.2 Å². The van der Waals surface area contributed by atoms with E-state index in [0.717, 1.165) is 8.26 Å². The summed E-state index contributed by atoms with van der Waals surface area (Å²) in [7, 11) is 0. The number of halogens is 4.